The molecule has 0 radical (unpaired) electrons. The highest BCUT2D eigenvalue weighted by atomic mass is 32.2. The number of rotatable bonds is 8. The predicted molar refractivity (Wildman–Crippen MR) is 137 cm³/mol. The molecular weight excluding hydrogens is 479 g/mol. The monoisotopic (exact) mass is 501 g/mol. The first-order valence-corrected chi connectivity index (χ1v) is 14.6. The van der Waals surface area contributed by atoms with E-state index in [2.05, 4.69) is 17.2 Å². The zero-order valence-electron chi connectivity index (χ0n) is 17.9. The summed E-state index contributed by atoms with van der Waals surface area (Å²) in [7, 11) is 0. The number of pyridine rings is 1. The smallest absolute Gasteiger partial charge is 0.236 e. The van der Waals surface area contributed by atoms with Crippen LogP contribution in [0.1, 0.15) is 43.0 Å². The van der Waals surface area contributed by atoms with Gasteiger partial charge in [-0.3, -0.25) is 4.79 Å². The van der Waals surface area contributed by atoms with Crippen LogP contribution in [0.3, 0.4) is 0 Å². The van der Waals surface area contributed by atoms with Gasteiger partial charge in [0, 0.05) is 22.7 Å². The van der Waals surface area contributed by atoms with E-state index in [4.69, 9.17) is 15.0 Å². The number of nitrogens with zero attached hydrogens (tertiary/aromatic N) is 4. The van der Waals surface area contributed by atoms with Gasteiger partial charge in [-0.05, 0) is 49.5 Å². The fraction of sp³-hybridized carbons (Fsp3) is 0.409. The second-order valence-corrected chi connectivity index (χ2v) is 11.3. The molecule has 4 aromatic heterocycles. The summed E-state index contributed by atoms with van der Waals surface area (Å²) < 4.78 is 1.04. The van der Waals surface area contributed by atoms with Gasteiger partial charge >= 0.3 is 0 Å². The highest BCUT2D eigenvalue weighted by Crippen LogP contribution is 2.43. The molecule has 166 valence electrons. The summed E-state index contributed by atoms with van der Waals surface area (Å²) in [5.41, 5.74) is 5.16. The lowest BCUT2D eigenvalue weighted by Crippen LogP contribution is -2.13. The van der Waals surface area contributed by atoms with Crippen molar-refractivity contribution in [3.63, 3.8) is 0 Å². The number of amides is 1. The van der Waals surface area contributed by atoms with E-state index in [1.165, 1.54) is 76.3 Å². The Balaban J connectivity index is 1.54. The number of carbonyl (C=O) groups excluding carboxylic acids is 1. The van der Waals surface area contributed by atoms with Crippen molar-refractivity contribution in [2.45, 2.75) is 55.6 Å². The Kier molecular flexibility index (Phi) is 6.64. The third-order valence-corrected chi connectivity index (χ3v) is 8.96. The van der Waals surface area contributed by atoms with E-state index in [1.54, 1.807) is 17.5 Å². The van der Waals surface area contributed by atoms with Gasteiger partial charge in [-0.1, -0.05) is 36.9 Å². The number of hydrogen-bond acceptors (Lipinski definition) is 9. The summed E-state index contributed by atoms with van der Waals surface area (Å²) in [6.07, 6.45) is 10.5. The number of carbonyl (C=O) groups is 1. The lowest BCUT2D eigenvalue weighted by Gasteiger charge is -2.09. The van der Waals surface area contributed by atoms with Crippen molar-refractivity contribution in [2.75, 3.05) is 17.3 Å². The summed E-state index contributed by atoms with van der Waals surface area (Å²) in [6, 6.07) is 0. The van der Waals surface area contributed by atoms with Gasteiger partial charge in [-0.15, -0.1) is 22.7 Å². The topological polar surface area (TPSA) is 80.7 Å². The van der Waals surface area contributed by atoms with Gasteiger partial charge in [0.05, 0.1) is 16.0 Å². The van der Waals surface area contributed by atoms with Crippen molar-refractivity contribution in [3.05, 3.63) is 28.4 Å². The molecular formula is C22H23N5OS4. The lowest BCUT2D eigenvalue weighted by molar-refractivity contribution is -0.113. The molecule has 1 amide bonds. The molecule has 0 aromatic carbocycles. The standard InChI is InChI=1S/C22H23N5OS4/c1-3-4-8-14-12-6-5-7-13(12)16-17-18(32-19(16)24-14)20(27-22(26-17)29-2)31-11-15(28)25-21-23-9-10-30-21/h9-10H,3-8,11H2,1-2H3,(H,23,25,28). The van der Waals surface area contributed by atoms with Crippen molar-refractivity contribution in [1.29, 1.82) is 0 Å². The zero-order valence-corrected chi connectivity index (χ0v) is 21.2. The number of aryl methyl sites for hydroxylation is 2. The SMILES string of the molecule is CCCCc1nc2sc3c(SCC(=O)Nc4nccs4)nc(SC)nc3c2c2c1CCC2. The molecule has 1 aliphatic carbocycles. The van der Waals surface area contributed by atoms with E-state index < -0.39 is 0 Å². The summed E-state index contributed by atoms with van der Waals surface area (Å²) in [4.78, 5) is 32.4. The van der Waals surface area contributed by atoms with Gasteiger partial charge in [0.15, 0.2) is 10.3 Å². The molecule has 32 heavy (non-hydrogen) atoms. The van der Waals surface area contributed by atoms with Crippen molar-refractivity contribution in [1.82, 2.24) is 19.9 Å². The Labute approximate surface area is 203 Å². The molecule has 10 heteroatoms. The average molecular weight is 502 g/mol. The van der Waals surface area contributed by atoms with E-state index in [0.717, 1.165) is 44.5 Å². The first kappa shape index (κ1) is 22.1. The number of fused-ring (bicyclic) bond motifs is 5. The van der Waals surface area contributed by atoms with Crippen LogP contribution >= 0.6 is 46.2 Å². The summed E-state index contributed by atoms with van der Waals surface area (Å²) in [5.74, 6) is 0.200. The molecule has 0 aliphatic heterocycles. The van der Waals surface area contributed by atoms with Crippen molar-refractivity contribution in [2.24, 2.45) is 0 Å². The summed E-state index contributed by atoms with van der Waals surface area (Å²) in [5, 5.41) is 8.12. The first-order chi connectivity index (χ1) is 15.7. The molecule has 5 rings (SSSR count). The van der Waals surface area contributed by atoms with Gasteiger partial charge in [-0.25, -0.2) is 19.9 Å². The number of hydrogen-bond donors (Lipinski definition) is 1. The average Bonchev–Trinajstić information content (AvgIpc) is 3.54. The van der Waals surface area contributed by atoms with E-state index in [0.29, 0.717) is 5.13 Å². The van der Waals surface area contributed by atoms with Crippen LogP contribution in [0.4, 0.5) is 5.13 Å². The van der Waals surface area contributed by atoms with Crippen molar-refractivity contribution in [3.8, 4) is 0 Å². The van der Waals surface area contributed by atoms with Gasteiger partial charge in [-0.2, -0.15) is 0 Å². The van der Waals surface area contributed by atoms with Gasteiger partial charge in [0.25, 0.3) is 0 Å². The fourth-order valence-corrected chi connectivity index (χ4v) is 7.15. The number of thiophene rings is 1. The maximum absolute atomic E-state index is 12.4. The second-order valence-electron chi connectivity index (χ2n) is 7.62. The van der Waals surface area contributed by atoms with Crippen LogP contribution < -0.4 is 5.32 Å². The number of nitrogens with one attached hydrogen (secondary N) is 1. The van der Waals surface area contributed by atoms with Crippen molar-refractivity contribution < 1.29 is 4.79 Å². The minimum atomic E-state index is -0.0793. The molecule has 0 fully saturated rings. The van der Waals surface area contributed by atoms with Crippen LogP contribution in [0.25, 0.3) is 20.4 Å². The summed E-state index contributed by atoms with van der Waals surface area (Å²) >= 11 is 6.08. The second kappa shape index (κ2) is 9.62. The number of thiazole rings is 1. The van der Waals surface area contributed by atoms with Crippen molar-refractivity contribution >= 4 is 77.7 Å². The largest absolute Gasteiger partial charge is 0.301 e. The van der Waals surface area contributed by atoms with E-state index >= 15 is 0 Å². The third-order valence-electron chi connectivity index (χ3n) is 5.54. The van der Waals surface area contributed by atoms with Crippen LogP contribution in [-0.2, 0) is 24.1 Å². The number of thioether (sulfide) groups is 2. The maximum Gasteiger partial charge on any atom is 0.236 e. The molecule has 0 spiro atoms. The Bertz CT molecular complexity index is 1290. The maximum atomic E-state index is 12.4. The van der Waals surface area contributed by atoms with Gasteiger partial charge < -0.3 is 5.32 Å². The minimum absolute atomic E-state index is 0.0793. The number of anilines is 1. The Hall–Kier alpha value is -1.75. The molecule has 0 bridgehead atoms. The Morgan fingerprint density at radius 3 is 2.88 bits per heavy atom. The highest BCUT2D eigenvalue weighted by Gasteiger charge is 2.25. The third kappa shape index (κ3) is 4.25. The fourth-order valence-electron chi connectivity index (χ4n) is 4.11. The summed E-state index contributed by atoms with van der Waals surface area (Å²) in [6.45, 7) is 2.23. The lowest BCUT2D eigenvalue weighted by atomic mass is 10.0. The van der Waals surface area contributed by atoms with Crippen LogP contribution in [0.5, 0.6) is 0 Å². The van der Waals surface area contributed by atoms with Crippen LogP contribution in [0.2, 0.25) is 0 Å². The van der Waals surface area contributed by atoms with E-state index in [1.807, 2.05) is 11.6 Å². The molecule has 4 aromatic rings. The van der Waals surface area contributed by atoms with E-state index in [9.17, 15) is 4.79 Å². The molecule has 1 aliphatic rings. The van der Waals surface area contributed by atoms with Crippen LogP contribution in [0.15, 0.2) is 21.8 Å². The Morgan fingerprint density at radius 1 is 1.22 bits per heavy atom. The quantitative estimate of drug-likeness (QED) is 0.181. The van der Waals surface area contributed by atoms with Gasteiger partial charge in [0.1, 0.15) is 9.86 Å². The molecule has 0 atom stereocenters. The minimum Gasteiger partial charge on any atom is -0.301 e. The highest BCUT2D eigenvalue weighted by molar-refractivity contribution is 8.00. The van der Waals surface area contributed by atoms with Crippen LogP contribution in [-0.4, -0.2) is 37.9 Å². The molecule has 0 saturated carbocycles. The van der Waals surface area contributed by atoms with Crippen LogP contribution in [0, 0.1) is 0 Å². The normalized spacial score (nSPS) is 13.2. The molecule has 1 N–H and O–H groups in total. The Morgan fingerprint density at radius 2 is 2.09 bits per heavy atom. The van der Waals surface area contributed by atoms with Gasteiger partial charge in [0.2, 0.25) is 5.91 Å². The molecule has 4 heterocycles. The van der Waals surface area contributed by atoms with E-state index in [-0.39, 0.29) is 11.7 Å². The molecule has 0 unspecified atom stereocenters. The molecule has 0 saturated heterocycles. The first-order valence-electron chi connectivity index (χ1n) is 10.7. The predicted octanol–water partition coefficient (Wildman–Crippen LogP) is 5.98. The molecule has 6 nitrogen and oxygen atoms in total. The number of aromatic nitrogens is 4. The number of unbranched alkanes of at least 4 members (excludes halogenated alkanes) is 1. The zero-order chi connectivity index (χ0) is 22.1.